The summed E-state index contributed by atoms with van der Waals surface area (Å²) < 4.78 is 0. The number of piperazine rings is 1. The second-order valence-corrected chi connectivity index (χ2v) is 6.28. The third-order valence-corrected chi connectivity index (χ3v) is 4.58. The van der Waals surface area contributed by atoms with E-state index in [4.69, 9.17) is 0 Å². The van der Waals surface area contributed by atoms with Gasteiger partial charge in [0.1, 0.15) is 5.69 Å². The fourth-order valence-electron chi connectivity index (χ4n) is 2.55. The van der Waals surface area contributed by atoms with Gasteiger partial charge in [-0.3, -0.25) is 4.79 Å². The first-order valence-corrected chi connectivity index (χ1v) is 8.12. The normalized spacial score (nSPS) is 18.7. The van der Waals surface area contributed by atoms with Crippen LogP contribution in [0.2, 0.25) is 0 Å². The van der Waals surface area contributed by atoms with E-state index in [0.717, 1.165) is 31.1 Å². The number of amides is 1. The number of benzene rings is 1. The first-order valence-electron chi connectivity index (χ1n) is 7.24. The van der Waals surface area contributed by atoms with Crippen molar-refractivity contribution in [2.45, 2.75) is 19.4 Å². The molecule has 1 aliphatic rings. The predicted molar refractivity (Wildman–Crippen MR) is 84.7 cm³/mol. The van der Waals surface area contributed by atoms with Crippen LogP contribution >= 0.6 is 11.3 Å². The van der Waals surface area contributed by atoms with Gasteiger partial charge in [-0.25, -0.2) is 4.98 Å². The van der Waals surface area contributed by atoms with Gasteiger partial charge < -0.3 is 10.2 Å². The standard InChI is InChI=1S/C16H19N3OS/c1-12-10-17-7-8-19(12)16(20)14-11-21-15(18-14)9-13-5-3-2-4-6-13/h2-6,11-12,17H,7-10H2,1H3. The van der Waals surface area contributed by atoms with Gasteiger partial charge in [0.25, 0.3) is 5.91 Å². The van der Waals surface area contributed by atoms with E-state index < -0.39 is 0 Å². The largest absolute Gasteiger partial charge is 0.332 e. The van der Waals surface area contributed by atoms with Gasteiger partial charge in [0.05, 0.1) is 5.01 Å². The maximum Gasteiger partial charge on any atom is 0.273 e. The van der Waals surface area contributed by atoms with Gasteiger partial charge in [0, 0.05) is 37.5 Å². The number of thiazole rings is 1. The summed E-state index contributed by atoms with van der Waals surface area (Å²) in [6.07, 6.45) is 0.788. The number of carbonyl (C=O) groups is 1. The van der Waals surface area contributed by atoms with Gasteiger partial charge in [0.2, 0.25) is 0 Å². The van der Waals surface area contributed by atoms with Crippen LogP contribution in [-0.2, 0) is 6.42 Å². The molecule has 3 rings (SSSR count). The van der Waals surface area contributed by atoms with Crippen LogP contribution in [0, 0.1) is 0 Å². The van der Waals surface area contributed by atoms with E-state index >= 15 is 0 Å². The van der Waals surface area contributed by atoms with Gasteiger partial charge in [-0.05, 0) is 12.5 Å². The van der Waals surface area contributed by atoms with Gasteiger partial charge in [-0.1, -0.05) is 30.3 Å². The Hall–Kier alpha value is -1.72. The minimum absolute atomic E-state index is 0.0551. The Labute approximate surface area is 128 Å². The smallest absolute Gasteiger partial charge is 0.273 e. The summed E-state index contributed by atoms with van der Waals surface area (Å²) in [4.78, 5) is 19.0. The Morgan fingerprint density at radius 1 is 1.43 bits per heavy atom. The zero-order valence-electron chi connectivity index (χ0n) is 12.1. The third kappa shape index (κ3) is 3.31. The molecule has 1 N–H and O–H groups in total. The molecule has 2 aromatic rings. The van der Waals surface area contributed by atoms with Crippen molar-refractivity contribution in [3.63, 3.8) is 0 Å². The Morgan fingerprint density at radius 2 is 2.24 bits per heavy atom. The molecule has 0 aliphatic carbocycles. The summed E-state index contributed by atoms with van der Waals surface area (Å²) in [5, 5.41) is 6.17. The maximum absolute atomic E-state index is 12.5. The highest BCUT2D eigenvalue weighted by Gasteiger charge is 2.25. The number of carbonyl (C=O) groups excluding carboxylic acids is 1. The highest BCUT2D eigenvalue weighted by Crippen LogP contribution is 2.17. The van der Waals surface area contributed by atoms with Crippen LogP contribution < -0.4 is 5.32 Å². The molecule has 1 amide bonds. The van der Waals surface area contributed by atoms with Crippen molar-refractivity contribution in [1.29, 1.82) is 0 Å². The van der Waals surface area contributed by atoms with Crippen molar-refractivity contribution in [1.82, 2.24) is 15.2 Å². The number of rotatable bonds is 3. The molecule has 5 heteroatoms. The average molecular weight is 301 g/mol. The van der Waals surface area contributed by atoms with Crippen molar-refractivity contribution >= 4 is 17.2 Å². The molecule has 1 unspecified atom stereocenters. The Bertz CT molecular complexity index is 611. The molecule has 110 valence electrons. The number of hydrogen-bond acceptors (Lipinski definition) is 4. The number of hydrogen-bond donors (Lipinski definition) is 1. The number of nitrogens with one attached hydrogen (secondary N) is 1. The minimum Gasteiger partial charge on any atom is -0.332 e. The molecule has 1 aromatic carbocycles. The fourth-order valence-corrected chi connectivity index (χ4v) is 3.35. The molecule has 0 radical (unpaired) electrons. The lowest BCUT2D eigenvalue weighted by atomic mass is 10.2. The van der Waals surface area contributed by atoms with Crippen LogP contribution in [-0.4, -0.2) is 41.5 Å². The summed E-state index contributed by atoms with van der Waals surface area (Å²) in [5.74, 6) is 0.0551. The first kappa shape index (κ1) is 14.2. The summed E-state index contributed by atoms with van der Waals surface area (Å²) in [6.45, 7) is 4.54. The van der Waals surface area contributed by atoms with E-state index in [1.165, 1.54) is 5.56 Å². The van der Waals surface area contributed by atoms with Gasteiger partial charge in [0.15, 0.2) is 0 Å². The number of aromatic nitrogens is 1. The second-order valence-electron chi connectivity index (χ2n) is 5.34. The molecule has 1 aromatic heterocycles. The Balaban J connectivity index is 1.71. The summed E-state index contributed by atoms with van der Waals surface area (Å²) in [6, 6.07) is 10.5. The molecular formula is C16H19N3OS. The van der Waals surface area contributed by atoms with Crippen LogP contribution in [0.25, 0.3) is 0 Å². The van der Waals surface area contributed by atoms with Crippen molar-refractivity contribution in [3.05, 3.63) is 52.0 Å². The van der Waals surface area contributed by atoms with Gasteiger partial charge >= 0.3 is 0 Å². The molecule has 21 heavy (non-hydrogen) atoms. The van der Waals surface area contributed by atoms with Crippen LogP contribution in [0.5, 0.6) is 0 Å². The highest BCUT2D eigenvalue weighted by molar-refractivity contribution is 7.09. The molecule has 0 saturated carbocycles. The molecule has 0 spiro atoms. The Kier molecular flexibility index (Phi) is 4.31. The van der Waals surface area contributed by atoms with Crippen molar-refractivity contribution in [2.24, 2.45) is 0 Å². The quantitative estimate of drug-likeness (QED) is 0.945. The maximum atomic E-state index is 12.5. The van der Waals surface area contributed by atoms with E-state index in [0.29, 0.717) is 5.69 Å². The third-order valence-electron chi connectivity index (χ3n) is 3.73. The molecule has 1 aliphatic heterocycles. The SMILES string of the molecule is CC1CNCCN1C(=O)c1csc(Cc2ccccc2)n1. The molecular weight excluding hydrogens is 282 g/mol. The van der Waals surface area contributed by atoms with E-state index in [-0.39, 0.29) is 11.9 Å². The summed E-state index contributed by atoms with van der Waals surface area (Å²) in [5.41, 5.74) is 1.81. The van der Waals surface area contributed by atoms with Crippen molar-refractivity contribution in [2.75, 3.05) is 19.6 Å². The molecule has 1 atom stereocenters. The summed E-state index contributed by atoms with van der Waals surface area (Å²) in [7, 11) is 0. The topological polar surface area (TPSA) is 45.2 Å². The summed E-state index contributed by atoms with van der Waals surface area (Å²) >= 11 is 1.56. The Morgan fingerprint density at radius 3 is 3.00 bits per heavy atom. The zero-order chi connectivity index (χ0) is 14.7. The number of nitrogens with zero attached hydrogens (tertiary/aromatic N) is 2. The van der Waals surface area contributed by atoms with Crippen molar-refractivity contribution in [3.8, 4) is 0 Å². The van der Waals surface area contributed by atoms with E-state index in [9.17, 15) is 4.79 Å². The minimum atomic E-state index is 0.0551. The molecule has 1 saturated heterocycles. The molecule has 0 bridgehead atoms. The van der Waals surface area contributed by atoms with E-state index in [1.54, 1.807) is 11.3 Å². The lowest BCUT2D eigenvalue weighted by Crippen LogP contribution is -2.52. The van der Waals surface area contributed by atoms with Crippen LogP contribution in [0.3, 0.4) is 0 Å². The van der Waals surface area contributed by atoms with Crippen LogP contribution in [0.15, 0.2) is 35.7 Å². The monoisotopic (exact) mass is 301 g/mol. The first-order chi connectivity index (χ1) is 10.2. The van der Waals surface area contributed by atoms with Gasteiger partial charge in [-0.2, -0.15) is 0 Å². The second kappa shape index (κ2) is 6.37. The zero-order valence-corrected chi connectivity index (χ0v) is 12.9. The lowest BCUT2D eigenvalue weighted by molar-refractivity contribution is 0.0650. The van der Waals surface area contributed by atoms with E-state index in [1.807, 2.05) is 28.5 Å². The molecule has 4 nitrogen and oxygen atoms in total. The average Bonchev–Trinajstić information content (AvgIpc) is 2.97. The highest BCUT2D eigenvalue weighted by atomic mass is 32.1. The molecule has 1 fully saturated rings. The van der Waals surface area contributed by atoms with Crippen LogP contribution in [0.1, 0.15) is 28.0 Å². The van der Waals surface area contributed by atoms with E-state index in [2.05, 4.69) is 29.4 Å². The van der Waals surface area contributed by atoms with Gasteiger partial charge in [-0.15, -0.1) is 11.3 Å². The van der Waals surface area contributed by atoms with Crippen molar-refractivity contribution < 1.29 is 4.79 Å². The molecule has 2 heterocycles. The predicted octanol–water partition coefficient (Wildman–Crippen LogP) is 2.17. The van der Waals surface area contributed by atoms with Crippen LogP contribution in [0.4, 0.5) is 0 Å². The fraction of sp³-hybridized carbons (Fsp3) is 0.375. The lowest BCUT2D eigenvalue weighted by Gasteiger charge is -2.33.